The van der Waals surface area contributed by atoms with Crippen LogP contribution in [0.1, 0.15) is 29.6 Å². The minimum absolute atomic E-state index is 0.112. The Balaban J connectivity index is 1.33. The number of fused-ring (bicyclic) bond motifs is 1. The minimum Gasteiger partial charge on any atom is -0.490 e. The molecule has 2 N–H and O–H groups in total. The predicted octanol–water partition coefficient (Wildman–Crippen LogP) is 2.60. The van der Waals surface area contributed by atoms with E-state index in [1.165, 1.54) is 11.3 Å². The summed E-state index contributed by atoms with van der Waals surface area (Å²) < 4.78 is 16.1. The van der Waals surface area contributed by atoms with Gasteiger partial charge in [0.15, 0.2) is 18.1 Å². The highest BCUT2D eigenvalue weighted by molar-refractivity contribution is 7.08. The third-order valence-electron chi connectivity index (χ3n) is 4.02. The molecule has 0 radical (unpaired) electrons. The van der Waals surface area contributed by atoms with Crippen LogP contribution in [0, 0.1) is 0 Å². The SMILES string of the molecule is O=C(COC(=O)CCCNC(=O)c1ccsc1)Nc1ccc2c(c1)OCCCO2. The van der Waals surface area contributed by atoms with Crippen molar-refractivity contribution in [3.63, 3.8) is 0 Å². The summed E-state index contributed by atoms with van der Waals surface area (Å²) in [7, 11) is 0. The first-order valence-electron chi connectivity index (χ1n) is 9.27. The highest BCUT2D eigenvalue weighted by Crippen LogP contribution is 2.32. The quantitative estimate of drug-likeness (QED) is 0.505. The Morgan fingerprint density at radius 2 is 1.93 bits per heavy atom. The van der Waals surface area contributed by atoms with Gasteiger partial charge in [-0.15, -0.1) is 0 Å². The summed E-state index contributed by atoms with van der Waals surface area (Å²) in [5.74, 6) is 0.0936. The van der Waals surface area contributed by atoms with Gasteiger partial charge in [0.05, 0.1) is 13.2 Å². The zero-order chi connectivity index (χ0) is 20.5. The number of anilines is 1. The highest BCUT2D eigenvalue weighted by atomic mass is 32.1. The maximum atomic E-state index is 12.0. The van der Waals surface area contributed by atoms with E-state index in [0.717, 1.165) is 6.42 Å². The van der Waals surface area contributed by atoms with Crippen LogP contribution in [-0.4, -0.2) is 44.1 Å². The molecule has 0 aliphatic carbocycles. The second-order valence-corrected chi connectivity index (χ2v) is 7.07. The Morgan fingerprint density at radius 3 is 2.72 bits per heavy atom. The van der Waals surface area contributed by atoms with Crippen molar-refractivity contribution in [2.45, 2.75) is 19.3 Å². The van der Waals surface area contributed by atoms with Crippen molar-refractivity contribution in [2.75, 3.05) is 31.7 Å². The van der Waals surface area contributed by atoms with Crippen LogP contribution in [0.15, 0.2) is 35.0 Å². The summed E-state index contributed by atoms with van der Waals surface area (Å²) in [6, 6.07) is 6.84. The fourth-order valence-electron chi connectivity index (χ4n) is 2.59. The zero-order valence-electron chi connectivity index (χ0n) is 15.8. The Morgan fingerprint density at radius 1 is 1.10 bits per heavy atom. The second kappa shape index (κ2) is 10.5. The van der Waals surface area contributed by atoms with E-state index in [-0.39, 0.29) is 18.9 Å². The zero-order valence-corrected chi connectivity index (χ0v) is 16.6. The van der Waals surface area contributed by atoms with Gasteiger partial charge >= 0.3 is 5.97 Å². The molecule has 0 saturated heterocycles. The van der Waals surface area contributed by atoms with Gasteiger partial charge < -0.3 is 24.8 Å². The van der Waals surface area contributed by atoms with Gasteiger partial charge in [0.1, 0.15) is 0 Å². The van der Waals surface area contributed by atoms with Crippen molar-refractivity contribution < 1.29 is 28.6 Å². The number of hydrogen-bond donors (Lipinski definition) is 2. The Bertz CT molecular complexity index is 853. The van der Waals surface area contributed by atoms with Crippen molar-refractivity contribution >= 4 is 34.8 Å². The lowest BCUT2D eigenvalue weighted by Crippen LogP contribution is -2.25. The van der Waals surface area contributed by atoms with Gasteiger partial charge in [-0.2, -0.15) is 11.3 Å². The summed E-state index contributed by atoms with van der Waals surface area (Å²) in [4.78, 5) is 35.5. The number of rotatable bonds is 8. The molecule has 154 valence electrons. The van der Waals surface area contributed by atoms with E-state index >= 15 is 0 Å². The topological polar surface area (TPSA) is 103 Å². The molecular weight excluding hydrogens is 396 g/mol. The standard InChI is InChI=1S/C20H22N2O6S/c23-18(22-15-4-5-16-17(11-15)27-9-2-8-26-16)12-28-19(24)3-1-7-21-20(25)14-6-10-29-13-14/h4-6,10-11,13H,1-3,7-9,12H2,(H,21,25)(H,22,23). The van der Waals surface area contributed by atoms with Crippen LogP contribution >= 0.6 is 11.3 Å². The van der Waals surface area contributed by atoms with Crippen LogP contribution in [0.25, 0.3) is 0 Å². The number of carbonyl (C=O) groups is 3. The van der Waals surface area contributed by atoms with Crippen molar-refractivity contribution in [2.24, 2.45) is 0 Å². The highest BCUT2D eigenvalue weighted by Gasteiger charge is 2.13. The monoisotopic (exact) mass is 418 g/mol. The summed E-state index contributed by atoms with van der Waals surface area (Å²) >= 11 is 1.44. The molecule has 2 amide bonds. The number of hydrogen-bond acceptors (Lipinski definition) is 7. The second-order valence-electron chi connectivity index (χ2n) is 6.29. The van der Waals surface area contributed by atoms with Crippen molar-refractivity contribution in [3.8, 4) is 11.5 Å². The fraction of sp³-hybridized carbons (Fsp3) is 0.350. The molecule has 0 bridgehead atoms. The molecule has 1 aromatic carbocycles. The molecule has 0 spiro atoms. The lowest BCUT2D eigenvalue weighted by molar-refractivity contribution is -0.147. The molecule has 2 aromatic rings. The number of nitrogens with one attached hydrogen (secondary N) is 2. The van der Waals surface area contributed by atoms with Gasteiger partial charge in [0.2, 0.25) is 0 Å². The molecule has 1 aliphatic rings. The van der Waals surface area contributed by atoms with Crippen LogP contribution < -0.4 is 20.1 Å². The maximum absolute atomic E-state index is 12.0. The van der Waals surface area contributed by atoms with E-state index < -0.39 is 11.9 Å². The number of carbonyl (C=O) groups excluding carboxylic acids is 3. The van der Waals surface area contributed by atoms with Crippen LogP contribution in [0.3, 0.4) is 0 Å². The molecule has 0 saturated carbocycles. The van der Waals surface area contributed by atoms with E-state index in [9.17, 15) is 14.4 Å². The molecule has 8 nitrogen and oxygen atoms in total. The first-order valence-corrected chi connectivity index (χ1v) is 10.2. The molecule has 0 unspecified atom stereocenters. The number of benzene rings is 1. The van der Waals surface area contributed by atoms with Crippen LogP contribution in [0.4, 0.5) is 5.69 Å². The normalized spacial score (nSPS) is 12.6. The average molecular weight is 418 g/mol. The van der Waals surface area contributed by atoms with Gasteiger partial charge in [0, 0.05) is 42.1 Å². The number of amides is 2. The molecule has 9 heteroatoms. The smallest absolute Gasteiger partial charge is 0.306 e. The Kier molecular flexibility index (Phi) is 7.46. The van der Waals surface area contributed by atoms with Crippen molar-refractivity contribution in [3.05, 3.63) is 40.6 Å². The van der Waals surface area contributed by atoms with E-state index in [4.69, 9.17) is 14.2 Å². The van der Waals surface area contributed by atoms with Crippen LogP contribution in [-0.2, 0) is 14.3 Å². The molecule has 0 fully saturated rings. The third-order valence-corrected chi connectivity index (χ3v) is 4.71. The molecule has 0 atom stereocenters. The number of esters is 1. The molecule has 3 rings (SSSR count). The first-order chi connectivity index (χ1) is 14.1. The Hall–Kier alpha value is -3.07. The fourth-order valence-corrected chi connectivity index (χ4v) is 3.22. The number of thiophene rings is 1. The summed E-state index contributed by atoms with van der Waals surface area (Å²) in [5, 5.41) is 8.96. The summed E-state index contributed by atoms with van der Waals surface area (Å²) in [5.41, 5.74) is 1.13. The Labute approximate surface area is 172 Å². The van der Waals surface area contributed by atoms with Gasteiger partial charge in [-0.1, -0.05) is 0 Å². The van der Waals surface area contributed by atoms with Gasteiger partial charge in [0.25, 0.3) is 11.8 Å². The van der Waals surface area contributed by atoms with Crippen LogP contribution in [0.2, 0.25) is 0 Å². The minimum atomic E-state index is -0.497. The largest absolute Gasteiger partial charge is 0.490 e. The molecule has 29 heavy (non-hydrogen) atoms. The van der Waals surface area contributed by atoms with Gasteiger partial charge in [-0.05, 0) is 30.0 Å². The average Bonchev–Trinajstić information content (AvgIpc) is 3.16. The van der Waals surface area contributed by atoms with Crippen molar-refractivity contribution in [1.29, 1.82) is 0 Å². The molecular formula is C20H22N2O6S. The van der Waals surface area contributed by atoms with Crippen molar-refractivity contribution in [1.82, 2.24) is 5.32 Å². The molecule has 1 aromatic heterocycles. The first kappa shape index (κ1) is 20.7. The summed E-state index contributed by atoms with van der Waals surface area (Å²) in [6.45, 7) is 1.11. The summed E-state index contributed by atoms with van der Waals surface area (Å²) in [6.07, 6.45) is 1.34. The third kappa shape index (κ3) is 6.49. The lowest BCUT2D eigenvalue weighted by atomic mass is 10.2. The van der Waals surface area contributed by atoms with Crippen LogP contribution in [0.5, 0.6) is 11.5 Å². The van der Waals surface area contributed by atoms with E-state index in [2.05, 4.69) is 10.6 Å². The maximum Gasteiger partial charge on any atom is 0.306 e. The van der Waals surface area contributed by atoms with Gasteiger partial charge in [-0.3, -0.25) is 14.4 Å². The predicted molar refractivity (Wildman–Crippen MR) is 108 cm³/mol. The lowest BCUT2D eigenvalue weighted by Gasteiger charge is -2.10. The van der Waals surface area contributed by atoms with E-state index in [0.29, 0.717) is 48.9 Å². The van der Waals surface area contributed by atoms with E-state index in [1.54, 1.807) is 29.6 Å². The van der Waals surface area contributed by atoms with Gasteiger partial charge in [-0.25, -0.2) is 0 Å². The number of ether oxygens (including phenoxy) is 3. The molecule has 2 heterocycles. The van der Waals surface area contributed by atoms with E-state index in [1.807, 2.05) is 5.38 Å². The molecule has 1 aliphatic heterocycles.